The molecule has 0 aliphatic rings. The first-order valence-electron chi connectivity index (χ1n) is 8.44. The molecular weight excluding hydrogens is 427 g/mol. The van der Waals surface area contributed by atoms with Gasteiger partial charge in [-0.2, -0.15) is 0 Å². The first kappa shape index (κ1) is 21.3. The minimum Gasteiger partial charge on any atom is -0.493 e. The molecule has 0 atom stereocenters. The van der Waals surface area contributed by atoms with Crippen LogP contribution in [0.15, 0.2) is 53.8 Å². The van der Waals surface area contributed by atoms with Gasteiger partial charge in [0, 0.05) is 39.1 Å². The van der Waals surface area contributed by atoms with Crippen molar-refractivity contribution in [3.05, 3.63) is 54.4 Å². The Morgan fingerprint density at radius 2 is 1.80 bits per heavy atom. The maximum absolute atomic E-state index is 5.70. The molecule has 2 aromatic rings. The fourth-order valence-electron chi connectivity index (χ4n) is 2.20. The van der Waals surface area contributed by atoms with E-state index < -0.39 is 0 Å². The normalized spacial score (nSPS) is 11.1. The van der Waals surface area contributed by atoms with Crippen molar-refractivity contribution in [1.82, 2.24) is 15.2 Å². The smallest absolute Gasteiger partial charge is 0.191 e. The number of rotatable bonds is 8. The predicted octanol–water partition coefficient (Wildman–Crippen LogP) is 3.51. The monoisotopic (exact) mass is 456 g/mol. The van der Waals surface area contributed by atoms with Crippen LogP contribution in [0.4, 0.5) is 0 Å². The van der Waals surface area contributed by atoms with E-state index in [0.29, 0.717) is 5.92 Å². The molecule has 1 heterocycles. The third-order valence-electron chi connectivity index (χ3n) is 3.52. The third-order valence-corrected chi connectivity index (χ3v) is 3.52. The van der Waals surface area contributed by atoms with Gasteiger partial charge in [-0.25, -0.2) is 0 Å². The van der Waals surface area contributed by atoms with Gasteiger partial charge in [-0.15, -0.1) is 24.0 Å². The fourth-order valence-corrected chi connectivity index (χ4v) is 2.20. The lowest BCUT2D eigenvalue weighted by Crippen LogP contribution is -2.38. The molecule has 0 fully saturated rings. The number of benzene rings is 1. The summed E-state index contributed by atoms with van der Waals surface area (Å²) in [4.78, 5) is 4.25. The molecule has 0 aliphatic carbocycles. The van der Waals surface area contributed by atoms with E-state index in [1.54, 1.807) is 7.05 Å². The Morgan fingerprint density at radius 1 is 1.12 bits per heavy atom. The molecule has 0 aliphatic heterocycles. The number of aliphatic imine (C=N–C) groups is 1. The van der Waals surface area contributed by atoms with Gasteiger partial charge in [-0.05, 0) is 35.7 Å². The Kier molecular flexibility index (Phi) is 10.1. The van der Waals surface area contributed by atoms with E-state index in [4.69, 9.17) is 4.74 Å². The molecule has 0 saturated heterocycles. The molecular formula is C19H29IN4O. The van der Waals surface area contributed by atoms with Crippen molar-refractivity contribution in [3.63, 3.8) is 0 Å². The largest absolute Gasteiger partial charge is 0.493 e. The molecule has 0 bridgehead atoms. The number of aromatic nitrogens is 1. The molecule has 0 saturated carbocycles. The number of halogens is 1. The maximum atomic E-state index is 5.70. The van der Waals surface area contributed by atoms with Crippen molar-refractivity contribution in [3.8, 4) is 5.75 Å². The van der Waals surface area contributed by atoms with Crippen LogP contribution < -0.4 is 15.4 Å². The Morgan fingerprint density at radius 3 is 2.40 bits per heavy atom. The van der Waals surface area contributed by atoms with Gasteiger partial charge in [0.15, 0.2) is 5.96 Å². The van der Waals surface area contributed by atoms with E-state index >= 15 is 0 Å². The molecule has 0 spiro atoms. The highest BCUT2D eigenvalue weighted by Crippen LogP contribution is 2.13. The first-order valence-corrected chi connectivity index (χ1v) is 8.44. The van der Waals surface area contributed by atoms with Crippen LogP contribution in [-0.4, -0.2) is 30.7 Å². The molecule has 2 N–H and O–H groups in total. The average Bonchev–Trinajstić information content (AvgIpc) is 3.10. The number of ether oxygens (including phenoxy) is 1. The summed E-state index contributed by atoms with van der Waals surface area (Å²) in [5.74, 6) is 2.26. The summed E-state index contributed by atoms with van der Waals surface area (Å²) in [6.07, 6.45) is 4.11. The van der Waals surface area contributed by atoms with Gasteiger partial charge in [-0.3, -0.25) is 4.99 Å². The topological polar surface area (TPSA) is 50.6 Å². The number of hydrogen-bond acceptors (Lipinski definition) is 2. The summed E-state index contributed by atoms with van der Waals surface area (Å²) in [7, 11) is 1.79. The van der Waals surface area contributed by atoms with Crippen molar-refractivity contribution in [2.75, 3.05) is 20.2 Å². The zero-order chi connectivity index (χ0) is 17.2. The van der Waals surface area contributed by atoms with Gasteiger partial charge in [0.05, 0.1) is 6.61 Å². The van der Waals surface area contributed by atoms with Crippen LogP contribution in [-0.2, 0) is 13.1 Å². The van der Waals surface area contributed by atoms with Gasteiger partial charge in [0.25, 0.3) is 0 Å². The molecule has 0 unspecified atom stereocenters. The molecule has 0 amide bonds. The number of nitrogens with zero attached hydrogens (tertiary/aromatic N) is 2. The van der Waals surface area contributed by atoms with Gasteiger partial charge >= 0.3 is 0 Å². The van der Waals surface area contributed by atoms with Gasteiger partial charge in [0.2, 0.25) is 0 Å². The molecule has 138 valence electrons. The molecule has 2 rings (SSSR count). The minimum absolute atomic E-state index is 0. The van der Waals surface area contributed by atoms with Crippen LogP contribution in [0.3, 0.4) is 0 Å². The summed E-state index contributed by atoms with van der Waals surface area (Å²) < 4.78 is 7.83. The average molecular weight is 456 g/mol. The lowest BCUT2D eigenvalue weighted by molar-refractivity contribution is 0.271. The second kappa shape index (κ2) is 11.8. The highest BCUT2D eigenvalue weighted by Gasteiger charge is 2.00. The lowest BCUT2D eigenvalue weighted by Gasteiger charge is -2.13. The van der Waals surface area contributed by atoms with Crippen LogP contribution in [0.5, 0.6) is 5.75 Å². The van der Waals surface area contributed by atoms with E-state index in [1.165, 1.54) is 5.56 Å². The van der Waals surface area contributed by atoms with E-state index in [-0.39, 0.29) is 24.0 Å². The summed E-state index contributed by atoms with van der Waals surface area (Å²) in [5, 5.41) is 6.64. The standard InChI is InChI=1S/C19H28N4O.HI/c1-16(2)15-24-18-8-6-17(7-9-18)14-22-19(20-3)21-10-13-23-11-4-5-12-23;/h4-9,11-12,16H,10,13-15H2,1-3H3,(H2,20,21,22);1H. The van der Waals surface area contributed by atoms with Gasteiger partial charge in [0.1, 0.15) is 5.75 Å². The molecule has 25 heavy (non-hydrogen) atoms. The number of guanidine groups is 1. The fraction of sp³-hybridized carbons (Fsp3) is 0.421. The van der Waals surface area contributed by atoms with Crippen molar-refractivity contribution in [2.45, 2.75) is 26.9 Å². The zero-order valence-electron chi connectivity index (χ0n) is 15.2. The summed E-state index contributed by atoms with van der Waals surface area (Å²) in [6.45, 7) is 7.51. The number of nitrogens with one attached hydrogen (secondary N) is 2. The summed E-state index contributed by atoms with van der Waals surface area (Å²) >= 11 is 0. The van der Waals surface area contributed by atoms with Crippen molar-refractivity contribution < 1.29 is 4.74 Å². The molecule has 0 radical (unpaired) electrons. The number of hydrogen-bond donors (Lipinski definition) is 2. The van der Waals surface area contributed by atoms with Crippen molar-refractivity contribution in [1.29, 1.82) is 0 Å². The SMILES string of the molecule is CN=C(NCCn1cccc1)NCc1ccc(OCC(C)C)cc1.I. The van der Waals surface area contributed by atoms with Crippen LogP contribution in [0.2, 0.25) is 0 Å². The zero-order valence-corrected chi connectivity index (χ0v) is 17.6. The Balaban J connectivity index is 0.00000312. The minimum atomic E-state index is 0. The van der Waals surface area contributed by atoms with E-state index in [9.17, 15) is 0 Å². The molecule has 5 nitrogen and oxygen atoms in total. The summed E-state index contributed by atoms with van der Waals surface area (Å²) in [6, 6.07) is 12.2. The maximum Gasteiger partial charge on any atom is 0.191 e. The van der Waals surface area contributed by atoms with Gasteiger partial charge < -0.3 is 19.9 Å². The highest BCUT2D eigenvalue weighted by atomic mass is 127. The second-order valence-electron chi connectivity index (χ2n) is 6.12. The van der Waals surface area contributed by atoms with Crippen molar-refractivity contribution >= 4 is 29.9 Å². The Labute approximate surface area is 167 Å². The molecule has 6 heteroatoms. The van der Waals surface area contributed by atoms with Crippen molar-refractivity contribution in [2.24, 2.45) is 10.9 Å². The lowest BCUT2D eigenvalue weighted by atomic mass is 10.2. The molecule has 1 aromatic heterocycles. The van der Waals surface area contributed by atoms with E-state index in [1.807, 2.05) is 24.3 Å². The van der Waals surface area contributed by atoms with Gasteiger partial charge in [-0.1, -0.05) is 26.0 Å². The highest BCUT2D eigenvalue weighted by molar-refractivity contribution is 14.0. The van der Waals surface area contributed by atoms with Crippen LogP contribution in [0, 0.1) is 5.92 Å². The van der Waals surface area contributed by atoms with Crippen LogP contribution in [0.25, 0.3) is 0 Å². The second-order valence-corrected chi connectivity index (χ2v) is 6.12. The Hall–Kier alpha value is -1.70. The molecule has 1 aromatic carbocycles. The van der Waals surface area contributed by atoms with Crippen LogP contribution in [0.1, 0.15) is 19.4 Å². The van der Waals surface area contributed by atoms with E-state index in [0.717, 1.165) is 38.0 Å². The predicted molar refractivity (Wildman–Crippen MR) is 115 cm³/mol. The Bertz CT molecular complexity index is 609. The summed E-state index contributed by atoms with van der Waals surface area (Å²) in [5.41, 5.74) is 1.19. The van der Waals surface area contributed by atoms with Crippen LogP contribution >= 0.6 is 24.0 Å². The quantitative estimate of drug-likeness (QED) is 0.363. The third kappa shape index (κ3) is 8.29. The first-order chi connectivity index (χ1) is 11.7. The van der Waals surface area contributed by atoms with E-state index in [2.05, 4.69) is 58.6 Å².